The van der Waals surface area contributed by atoms with Crippen molar-refractivity contribution in [1.29, 1.82) is 0 Å². The zero-order valence-electron chi connectivity index (χ0n) is 10.6. The minimum absolute atomic E-state index is 0.0978. The maximum atomic E-state index is 6.24. The molecule has 2 nitrogen and oxygen atoms in total. The zero-order chi connectivity index (χ0) is 12.5. The van der Waals surface area contributed by atoms with Crippen LogP contribution in [0.25, 0.3) is 0 Å². The first-order valence-corrected chi connectivity index (χ1v) is 7.04. The van der Waals surface area contributed by atoms with Crippen LogP contribution in [0.4, 0.5) is 0 Å². The molecular weight excluding hydrogens is 276 g/mol. The summed E-state index contributed by atoms with van der Waals surface area (Å²) in [5.74, 6) is 0. The van der Waals surface area contributed by atoms with E-state index in [-0.39, 0.29) is 11.6 Å². The minimum atomic E-state index is 0.0978. The molecule has 3 heteroatoms. The van der Waals surface area contributed by atoms with Crippen LogP contribution >= 0.6 is 15.9 Å². The van der Waals surface area contributed by atoms with Gasteiger partial charge >= 0.3 is 0 Å². The highest BCUT2D eigenvalue weighted by Crippen LogP contribution is 2.28. The molecule has 1 fully saturated rings. The molecule has 0 spiro atoms. The number of nitrogens with zero attached hydrogens (tertiary/aromatic N) is 1. The summed E-state index contributed by atoms with van der Waals surface area (Å²) in [5, 5.41) is 0. The van der Waals surface area contributed by atoms with Crippen molar-refractivity contribution >= 4 is 15.9 Å². The molecule has 2 N–H and O–H groups in total. The zero-order valence-corrected chi connectivity index (χ0v) is 12.2. The average molecular weight is 297 g/mol. The van der Waals surface area contributed by atoms with E-state index < -0.39 is 0 Å². The van der Waals surface area contributed by atoms with E-state index in [1.165, 1.54) is 12.0 Å². The first-order valence-electron chi connectivity index (χ1n) is 6.25. The van der Waals surface area contributed by atoms with E-state index in [1.54, 1.807) is 0 Å². The lowest BCUT2D eigenvalue weighted by Gasteiger charge is -2.46. The Labute approximate surface area is 112 Å². The van der Waals surface area contributed by atoms with Crippen molar-refractivity contribution in [2.75, 3.05) is 6.54 Å². The second kappa shape index (κ2) is 5.09. The second-order valence-electron chi connectivity index (χ2n) is 5.45. The van der Waals surface area contributed by atoms with Crippen LogP contribution in [0, 0.1) is 0 Å². The summed E-state index contributed by atoms with van der Waals surface area (Å²) >= 11 is 3.52. The molecule has 94 valence electrons. The fourth-order valence-electron chi connectivity index (χ4n) is 2.52. The highest BCUT2D eigenvalue weighted by atomic mass is 79.9. The van der Waals surface area contributed by atoms with Gasteiger partial charge in [-0.25, -0.2) is 0 Å². The van der Waals surface area contributed by atoms with Crippen LogP contribution < -0.4 is 5.73 Å². The molecule has 1 aliphatic rings. The number of rotatable bonds is 2. The summed E-state index contributed by atoms with van der Waals surface area (Å²) in [7, 11) is 0. The maximum absolute atomic E-state index is 6.24. The van der Waals surface area contributed by atoms with Crippen LogP contribution in [0.1, 0.15) is 32.3 Å². The van der Waals surface area contributed by atoms with Crippen molar-refractivity contribution in [1.82, 2.24) is 4.90 Å². The third-order valence-electron chi connectivity index (χ3n) is 3.93. The van der Waals surface area contributed by atoms with E-state index in [0.717, 1.165) is 24.0 Å². The molecule has 1 aromatic carbocycles. The molecule has 1 heterocycles. The Balaban J connectivity index is 2.12. The molecule has 1 aliphatic heterocycles. The Morgan fingerprint density at radius 1 is 1.47 bits per heavy atom. The first-order chi connectivity index (χ1) is 8.00. The highest BCUT2D eigenvalue weighted by Gasteiger charge is 2.35. The maximum Gasteiger partial charge on any atom is 0.0307 e. The molecule has 0 amide bonds. The summed E-state index contributed by atoms with van der Waals surface area (Å²) in [5.41, 5.74) is 7.68. The van der Waals surface area contributed by atoms with E-state index in [0.29, 0.717) is 0 Å². The number of hydrogen-bond donors (Lipinski definition) is 1. The van der Waals surface area contributed by atoms with Gasteiger partial charge in [-0.1, -0.05) is 28.1 Å². The normalized spacial score (nSPS) is 24.8. The van der Waals surface area contributed by atoms with Gasteiger partial charge in [-0.15, -0.1) is 0 Å². The third-order valence-corrected chi connectivity index (χ3v) is 4.42. The Hall–Kier alpha value is -0.380. The Kier molecular flexibility index (Phi) is 3.91. The van der Waals surface area contributed by atoms with Gasteiger partial charge in [-0.2, -0.15) is 0 Å². The highest BCUT2D eigenvalue weighted by molar-refractivity contribution is 9.10. The molecule has 2 rings (SSSR count). The van der Waals surface area contributed by atoms with Crippen LogP contribution in [0.3, 0.4) is 0 Å². The monoisotopic (exact) mass is 296 g/mol. The number of halogens is 1. The van der Waals surface area contributed by atoms with E-state index in [4.69, 9.17) is 5.73 Å². The fourth-order valence-corrected chi connectivity index (χ4v) is 2.96. The van der Waals surface area contributed by atoms with E-state index >= 15 is 0 Å². The molecule has 0 bridgehead atoms. The van der Waals surface area contributed by atoms with Crippen molar-refractivity contribution in [3.8, 4) is 0 Å². The van der Waals surface area contributed by atoms with Crippen molar-refractivity contribution in [2.24, 2.45) is 5.73 Å². The van der Waals surface area contributed by atoms with Gasteiger partial charge in [0.25, 0.3) is 0 Å². The summed E-state index contributed by atoms with van der Waals surface area (Å²) in [6.07, 6.45) is 2.35. The van der Waals surface area contributed by atoms with Gasteiger partial charge in [0.05, 0.1) is 0 Å². The Bertz CT molecular complexity index is 390. The van der Waals surface area contributed by atoms with Gasteiger partial charge in [0.15, 0.2) is 0 Å². The van der Waals surface area contributed by atoms with Gasteiger partial charge < -0.3 is 5.73 Å². The quantitative estimate of drug-likeness (QED) is 0.908. The molecule has 0 aliphatic carbocycles. The molecule has 0 aromatic heterocycles. The lowest BCUT2D eigenvalue weighted by atomic mass is 9.85. The van der Waals surface area contributed by atoms with Gasteiger partial charge in [0.1, 0.15) is 0 Å². The predicted molar refractivity (Wildman–Crippen MR) is 75.8 cm³/mol. The number of hydrogen-bond acceptors (Lipinski definition) is 2. The molecule has 1 saturated heterocycles. The van der Waals surface area contributed by atoms with E-state index in [2.05, 4.69) is 58.9 Å². The van der Waals surface area contributed by atoms with Crippen LogP contribution in [0.15, 0.2) is 28.7 Å². The Morgan fingerprint density at radius 2 is 2.24 bits per heavy atom. The van der Waals surface area contributed by atoms with Crippen LogP contribution in [0.2, 0.25) is 0 Å². The SMILES string of the molecule is CC1(C)C(N)CCCN1Cc1cccc(Br)c1. The topological polar surface area (TPSA) is 29.3 Å². The first kappa shape index (κ1) is 13.1. The van der Waals surface area contributed by atoms with Gasteiger partial charge in [-0.3, -0.25) is 4.90 Å². The summed E-state index contributed by atoms with van der Waals surface area (Å²) < 4.78 is 1.15. The smallest absolute Gasteiger partial charge is 0.0307 e. The standard InChI is InChI=1S/C14H21BrN2/c1-14(2)13(16)7-4-8-17(14)10-11-5-3-6-12(15)9-11/h3,5-6,9,13H,4,7-8,10,16H2,1-2H3. The number of nitrogens with two attached hydrogens (primary N) is 1. The molecular formula is C14H21BrN2. The fraction of sp³-hybridized carbons (Fsp3) is 0.571. The van der Waals surface area contributed by atoms with Crippen molar-refractivity contribution in [2.45, 2.75) is 44.8 Å². The van der Waals surface area contributed by atoms with Crippen LogP contribution in [-0.2, 0) is 6.54 Å². The van der Waals surface area contributed by atoms with Crippen LogP contribution in [0.5, 0.6) is 0 Å². The van der Waals surface area contributed by atoms with Crippen molar-refractivity contribution < 1.29 is 0 Å². The second-order valence-corrected chi connectivity index (χ2v) is 6.37. The lowest BCUT2D eigenvalue weighted by Crippen LogP contribution is -2.59. The lowest BCUT2D eigenvalue weighted by molar-refractivity contribution is 0.0501. The van der Waals surface area contributed by atoms with Gasteiger partial charge in [-0.05, 0) is 50.9 Å². The van der Waals surface area contributed by atoms with Crippen molar-refractivity contribution in [3.05, 3.63) is 34.3 Å². The van der Waals surface area contributed by atoms with E-state index in [1.807, 2.05) is 0 Å². The van der Waals surface area contributed by atoms with Crippen molar-refractivity contribution in [3.63, 3.8) is 0 Å². The largest absolute Gasteiger partial charge is 0.326 e. The molecule has 0 saturated carbocycles. The van der Waals surface area contributed by atoms with E-state index in [9.17, 15) is 0 Å². The number of benzene rings is 1. The molecule has 1 aromatic rings. The van der Waals surface area contributed by atoms with Crippen LogP contribution in [-0.4, -0.2) is 23.0 Å². The third kappa shape index (κ3) is 2.90. The van der Waals surface area contributed by atoms with Gasteiger partial charge in [0.2, 0.25) is 0 Å². The number of piperidine rings is 1. The average Bonchev–Trinajstić information content (AvgIpc) is 2.25. The predicted octanol–water partition coefficient (Wildman–Crippen LogP) is 3.15. The van der Waals surface area contributed by atoms with Gasteiger partial charge in [0, 0.05) is 22.6 Å². The molecule has 17 heavy (non-hydrogen) atoms. The molecule has 1 atom stereocenters. The summed E-state index contributed by atoms with van der Waals surface area (Å²) in [4.78, 5) is 2.50. The molecule has 0 radical (unpaired) electrons. The summed E-state index contributed by atoms with van der Waals surface area (Å²) in [6, 6.07) is 8.81. The minimum Gasteiger partial charge on any atom is -0.326 e. The molecule has 1 unspecified atom stereocenters. The number of likely N-dealkylation sites (tertiary alicyclic amines) is 1. The summed E-state index contributed by atoms with van der Waals surface area (Å²) in [6.45, 7) is 6.65. The Morgan fingerprint density at radius 3 is 2.94 bits per heavy atom.